The maximum absolute atomic E-state index is 13.8. The molecule has 0 atom stereocenters. The SMILES string of the molecule is Cc1cc(CCC(=O)OCCn2c(=O)n(CCOC(=O)CCc3cc(C)c(O)c(C(C)(C)C)c3)c(=O)n(COC(=O)Cc3cc(C(C)(C)C)c(O)c(C(C)(C)C)c3)c2=O)cc(C(C)(C)C)c1O. The van der Waals surface area contributed by atoms with Crippen molar-refractivity contribution in [3.63, 3.8) is 0 Å². The van der Waals surface area contributed by atoms with Gasteiger partial charge < -0.3 is 29.5 Å². The highest BCUT2D eigenvalue weighted by Crippen LogP contribution is 2.40. The van der Waals surface area contributed by atoms with Crippen molar-refractivity contribution < 1.29 is 43.9 Å². The molecule has 15 nitrogen and oxygen atoms in total. The van der Waals surface area contributed by atoms with E-state index in [-0.39, 0.29) is 47.3 Å². The van der Waals surface area contributed by atoms with Gasteiger partial charge in [-0.15, -0.1) is 0 Å². The first-order valence-electron chi connectivity index (χ1n) is 22.7. The molecule has 0 unspecified atom stereocenters. The Balaban J connectivity index is 1.55. The van der Waals surface area contributed by atoms with E-state index in [9.17, 15) is 44.1 Å². The highest BCUT2D eigenvalue weighted by molar-refractivity contribution is 5.73. The molecule has 0 radical (unpaired) electrons. The minimum atomic E-state index is -1.12. The number of nitrogens with zero attached hydrogens (tertiary/aromatic N) is 3. The van der Waals surface area contributed by atoms with Gasteiger partial charge in [-0.05, 0) is 98.4 Å². The molecule has 0 aliphatic carbocycles. The average molecular weight is 930 g/mol. The number of esters is 3. The van der Waals surface area contributed by atoms with E-state index in [0.717, 1.165) is 22.3 Å². The topological polar surface area (TPSA) is 206 Å². The molecular weight excluding hydrogens is 859 g/mol. The van der Waals surface area contributed by atoms with Crippen LogP contribution < -0.4 is 17.1 Å². The van der Waals surface area contributed by atoms with E-state index in [1.807, 2.05) is 95.2 Å². The Kier molecular flexibility index (Phi) is 16.6. The Bertz CT molecular complexity index is 2510. The first kappa shape index (κ1) is 53.5. The predicted molar refractivity (Wildman–Crippen MR) is 256 cm³/mol. The van der Waals surface area contributed by atoms with Crippen molar-refractivity contribution >= 4 is 17.9 Å². The second-order valence-corrected chi connectivity index (χ2v) is 21.5. The van der Waals surface area contributed by atoms with Gasteiger partial charge in [0.2, 0.25) is 0 Å². The zero-order chi connectivity index (χ0) is 50.6. The quantitative estimate of drug-likeness (QED) is 0.0755. The Morgan fingerprint density at radius 1 is 0.463 bits per heavy atom. The van der Waals surface area contributed by atoms with Gasteiger partial charge in [0.25, 0.3) is 0 Å². The van der Waals surface area contributed by atoms with Crippen LogP contribution in [0.5, 0.6) is 17.2 Å². The number of phenolic OH excluding ortho intramolecular Hbond substituents is 3. The maximum atomic E-state index is 13.8. The van der Waals surface area contributed by atoms with Crippen molar-refractivity contribution in [1.29, 1.82) is 0 Å². The molecule has 4 aromatic rings. The first-order valence-corrected chi connectivity index (χ1v) is 22.7. The normalized spacial score (nSPS) is 12.3. The molecule has 3 N–H and O–H groups in total. The summed E-state index contributed by atoms with van der Waals surface area (Å²) in [6.07, 6.45) is 0.275. The molecule has 1 aromatic heterocycles. The molecule has 0 aliphatic rings. The summed E-state index contributed by atoms with van der Waals surface area (Å²) in [7, 11) is 0. The van der Waals surface area contributed by atoms with Gasteiger partial charge in [-0.25, -0.2) is 28.1 Å². The third-order valence-corrected chi connectivity index (χ3v) is 11.6. The smallest absolute Gasteiger partial charge is 0.339 e. The molecule has 0 aliphatic heterocycles. The molecule has 1 heterocycles. The summed E-state index contributed by atoms with van der Waals surface area (Å²) in [6, 6.07) is 10.7. The van der Waals surface area contributed by atoms with E-state index in [4.69, 9.17) is 14.2 Å². The fourth-order valence-electron chi connectivity index (χ4n) is 7.75. The summed E-state index contributed by atoms with van der Waals surface area (Å²) in [4.78, 5) is 80.6. The van der Waals surface area contributed by atoms with Gasteiger partial charge in [0.05, 0.1) is 19.5 Å². The van der Waals surface area contributed by atoms with E-state index in [0.29, 0.717) is 54.4 Å². The van der Waals surface area contributed by atoms with Gasteiger partial charge in [-0.1, -0.05) is 119 Å². The van der Waals surface area contributed by atoms with Gasteiger partial charge in [-0.3, -0.25) is 14.4 Å². The van der Waals surface area contributed by atoms with Crippen molar-refractivity contribution in [3.05, 3.63) is 118 Å². The number of aryl methyl sites for hydroxylation is 4. The van der Waals surface area contributed by atoms with E-state index < -0.39 is 78.8 Å². The van der Waals surface area contributed by atoms with E-state index in [2.05, 4.69) is 0 Å². The molecule has 0 bridgehead atoms. The molecule has 4 rings (SSSR count). The summed E-state index contributed by atoms with van der Waals surface area (Å²) < 4.78 is 18.3. The van der Waals surface area contributed by atoms with Crippen LogP contribution in [0.1, 0.15) is 146 Å². The Morgan fingerprint density at radius 2 is 0.791 bits per heavy atom. The molecule has 0 fully saturated rings. The summed E-state index contributed by atoms with van der Waals surface area (Å²) in [6.45, 7) is 24.4. The summed E-state index contributed by atoms with van der Waals surface area (Å²) in [5.41, 5.74) is 1.36. The number of carbonyl (C=O) groups is 3. The minimum absolute atomic E-state index is 0.0344. The molecule has 0 amide bonds. The Hall–Kier alpha value is -6.12. The van der Waals surface area contributed by atoms with Crippen molar-refractivity contribution in [2.75, 3.05) is 13.2 Å². The number of ether oxygens (including phenoxy) is 3. The highest BCUT2D eigenvalue weighted by Gasteiger charge is 2.28. The summed E-state index contributed by atoms with van der Waals surface area (Å²) in [5, 5.41) is 32.4. The third-order valence-electron chi connectivity index (χ3n) is 11.6. The maximum Gasteiger partial charge on any atom is 0.339 e. The number of hydrogen-bond donors (Lipinski definition) is 3. The number of phenols is 3. The number of hydrogen-bond acceptors (Lipinski definition) is 12. The van der Waals surface area contributed by atoms with E-state index >= 15 is 0 Å². The predicted octanol–water partition coefficient (Wildman–Crippen LogP) is 7.19. The van der Waals surface area contributed by atoms with E-state index in [1.165, 1.54) is 0 Å². The number of rotatable bonds is 16. The fraction of sp³-hybridized carbons (Fsp3) is 0.538. The molecule has 366 valence electrons. The van der Waals surface area contributed by atoms with Crippen LogP contribution in [-0.4, -0.2) is 60.1 Å². The summed E-state index contributed by atoms with van der Waals surface area (Å²) in [5.74, 6) is -1.49. The lowest BCUT2D eigenvalue weighted by Gasteiger charge is -2.28. The second-order valence-electron chi connectivity index (χ2n) is 21.5. The number of aromatic hydroxyl groups is 3. The zero-order valence-corrected chi connectivity index (χ0v) is 41.9. The minimum Gasteiger partial charge on any atom is -0.507 e. The van der Waals surface area contributed by atoms with Crippen LogP contribution >= 0.6 is 0 Å². The lowest BCUT2D eigenvalue weighted by molar-refractivity contribution is -0.147. The molecule has 0 spiro atoms. The largest absolute Gasteiger partial charge is 0.507 e. The van der Waals surface area contributed by atoms with Crippen LogP contribution in [0.2, 0.25) is 0 Å². The van der Waals surface area contributed by atoms with Crippen molar-refractivity contribution in [2.24, 2.45) is 0 Å². The monoisotopic (exact) mass is 930 g/mol. The molecule has 0 saturated carbocycles. The van der Waals surface area contributed by atoms with Gasteiger partial charge in [0.1, 0.15) is 30.5 Å². The fourth-order valence-corrected chi connectivity index (χ4v) is 7.75. The van der Waals surface area contributed by atoms with E-state index in [1.54, 1.807) is 38.1 Å². The highest BCUT2D eigenvalue weighted by atomic mass is 16.5. The van der Waals surface area contributed by atoms with Gasteiger partial charge in [0.15, 0.2) is 6.73 Å². The third kappa shape index (κ3) is 13.7. The summed E-state index contributed by atoms with van der Waals surface area (Å²) >= 11 is 0. The molecule has 15 heteroatoms. The molecule has 67 heavy (non-hydrogen) atoms. The van der Waals surface area contributed by atoms with Crippen LogP contribution in [-0.2, 0) is 89.3 Å². The number of carbonyl (C=O) groups excluding carboxylic acids is 3. The Labute approximate surface area is 393 Å². The molecule has 0 saturated heterocycles. The van der Waals surface area contributed by atoms with Crippen molar-refractivity contribution in [1.82, 2.24) is 13.7 Å². The molecular formula is C52H71N3O12. The van der Waals surface area contributed by atoms with Crippen LogP contribution in [0.15, 0.2) is 50.8 Å². The standard InChI is InChI=1S/C52H71N3O12/c1-31-23-33(25-36(43(31)59)49(3,4)5)15-17-40(56)65-21-19-53-46(62)54(20-22-66-41(57)18-16-34-24-32(2)44(60)37(26-34)50(6,7)8)48(64)55(47(53)63)30-67-42(58)29-35-27-38(51(9,10)11)45(61)39(28-35)52(12,13)14/h23-28,59-61H,15-22,29-30H2,1-14H3. The van der Waals surface area contributed by atoms with Crippen LogP contribution in [0.3, 0.4) is 0 Å². The average Bonchev–Trinajstić information content (AvgIpc) is 3.19. The molecule has 3 aromatic carbocycles. The first-order chi connectivity index (χ1) is 30.8. The van der Waals surface area contributed by atoms with Crippen LogP contribution in [0.4, 0.5) is 0 Å². The van der Waals surface area contributed by atoms with Crippen molar-refractivity contribution in [2.45, 2.75) is 171 Å². The van der Waals surface area contributed by atoms with Gasteiger partial charge in [0, 0.05) is 12.8 Å². The second kappa shape index (κ2) is 20.8. The van der Waals surface area contributed by atoms with Gasteiger partial charge in [-0.2, -0.15) is 0 Å². The zero-order valence-electron chi connectivity index (χ0n) is 41.9. The Morgan fingerprint density at radius 3 is 1.15 bits per heavy atom. The lowest BCUT2D eigenvalue weighted by atomic mass is 9.78. The number of benzene rings is 3. The van der Waals surface area contributed by atoms with Gasteiger partial charge >= 0.3 is 35.0 Å². The lowest BCUT2D eigenvalue weighted by Crippen LogP contribution is -2.55. The number of aromatic nitrogens is 3. The van der Waals surface area contributed by atoms with Crippen LogP contribution in [0.25, 0.3) is 0 Å². The van der Waals surface area contributed by atoms with Crippen LogP contribution in [0, 0.1) is 13.8 Å². The van der Waals surface area contributed by atoms with Crippen molar-refractivity contribution in [3.8, 4) is 17.2 Å².